The van der Waals surface area contributed by atoms with Crippen molar-refractivity contribution in [3.05, 3.63) is 53.6 Å². The summed E-state index contributed by atoms with van der Waals surface area (Å²) in [6, 6.07) is 11.9. The summed E-state index contributed by atoms with van der Waals surface area (Å²) in [7, 11) is -0.505. The van der Waals surface area contributed by atoms with Crippen molar-refractivity contribution in [3.63, 3.8) is 0 Å². The second kappa shape index (κ2) is 9.76. The van der Waals surface area contributed by atoms with E-state index in [2.05, 4.69) is 5.32 Å². The van der Waals surface area contributed by atoms with Crippen molar-refractivity contribution in [2.24, 2.45) is 0 Å². The summed E-state index contributed by atoms with van der Waals surface area (Å²) in [5.74, 6) is 0.982. The van der Waals surface area contributed by atoms with E-state index in [1.165, 1.54) is 26.2 Å². The Morgan fingerprint density at radius 1 is 1.10 bits per heavy atom. The van der Waals surface area contributed by atoms with Crippen LogP contribution in [0.1, 0.15) is 18.1 Å². The lowest BCUT2D eigenvalue weighted by Gasteiger charge is -2.17. The number of carbonyl (C=O) groups is 1. The number of hydrogen-bond donors (Lipinski definition) is 1. The van der Waals surface area contributed by atoms with Gasteiger partial charge < -0.3 is 14.8 Å². The second-order valence-corrected chi connectivity index (χ2v) is 9.01. The Morgan fingerprint density at radius 3 is 2.38 bits per heavy atom. The average Bonchev–Trinajstić information content (AvgIpc) is 2.68. The molecule has 0 aliphatic rings. The van der Waals surface area contributed by atoms with E-state index in [1.54, 1.807) is 19.1 Å². The quantitative estimate of drug-likeness (QED) is 0.630. The predicted octanol–water partition coefficient (Wildman–Crippen LogP) is 2.52. The van der Waals surface area contributed by atoms with Gasteiger partial charge in [-0.3, -0.25) is 4.79 Å². The summed E-state index contributed by atoms with van der Waals surface area (Å²) in [4.78, 5) is 12.4. The lowest BCUT2D eigenvalue weighted by atomic mass is 10.1. The molecule has 0 unspecified atom stereocenters. The molecule has 0 radical (unpaired) electrons. The van der Waals surface area contributed by atoms with Crippen LogP contribution in [0.4, 0.5) is 0 Å². The highest BCUT2D eigenvalue weighted by atomic mass is 32.2. The van der Waals surface area contributed by atoms with Crippen molar-refractivity contribution in [1.29, 1.82) is 0 Å². The Hall–Kier alpha value is -2.58. The summed E-state index contributed by atoms with van der Waals surface area (Å²) in [5.41, 5.74) is 2.11. The van der Waals surface area contributed by atoms with Gasteiger partial charge in [-0.1, -0.05) is 12.1 Å². The van der Waals surface area contributed by atoms with Gasteiger partial charge in [-0.25, -0.2) is 12.7 Å². The van der Waals surface area contributed by atoms with Crippen molar-refractivity contribution < 1.29 is 22.7 Å². The third kappa shape index (κ3) is 5.95. The first-order valence-corrected chi connectivity index (χ1v) is 10.7. The van der Waals surface area contributed by atoms with Gasteiger partial charge in [-0.15, -0.1) is 0 Å². The van der Waals surface area contributed by atoms with Crippen LogP contribution in [0.5, 0.6) is 11.5 Å². The number of ether oxygens (including phenoxy) is 2. The Kier molecular flexibility index (Phi) is 7.64. The third-order valence-corrected chi connectivity index (χ3v) is 6.33. The first-order valence-electron chi connectivity index (χ1n) is 9.29. The van der Waals surface area contributed by atoms with E-state index in [1.807, 2.05) is 32.0 Å². The lowest BCUT2D eigenvalue weighted by molar-refractivity contribution is -0.127. The molecule has 0 bridgehead atoms. The fourth-order valence-electron chi connectivity index (χ4n) is 2.50. The van der Waals surface area contributed by atoms with Gasteiger partial charge in [0.2, 0.25) is 10.0 Å². The van der Waals surface area contributed by atoms with Gasteiger partial charge in [-0.05, 0) is 62.2 Å². The molecule has 0 saturated heterocycles. The standard InChI is InChI=1S/C21H28N2O5S/c1-15-7-6-8-20(16(15)2)28-17(3)21(24)22-13-14-27-18-9-11-19(12-10-18)29(25,26)23(4)5/h6-12,17H,13-14H2,1-5H3,(H,22,24)/t17-/m0/s1. The minimum absolute atomic E-state index is 0.195. The van der Waals surface area contributed by atoms with Gasteiger partial charge in [0.25, 0.3) is 5.91 Å². The molecule has 1 amide bonds. The monoisotopic (exact) mass is 420 g/mol. The van der Waals surface area contributed by atoms with E-state index in [0.29, 0.717) is 18.0 Å². The molecular weight excluding hydrogens is 392 g/mol. The van der Waals surface area contributed by atoms with Gasteiger partial charge in [0.1, 0.15) is 18.1 Å². The molecule has 8 heteroatoms. The summed E-state index contributed by atoms with van der Waals surface area (Å²) < 4.78 is 36.5. The van der Waals surface area contributed by atoms with Crippen LogP contribution in [0.2, 0.25) is 0 Å². The van der Waals surface area contributed by atoms with Crippen LogP contribution in [-0.2, 0) is 14.8 Å². The number of nitrogens with zero attached hydrogens (tertiary/aromatic N) is 1. The zero-order valence-corrected chi connectivity index (χ0v) is 18.2. The zero-order valence-electron chi connectivity index (χ0n) is 17.4. The Labute approximate surface area is 172 Å². The number of aryl methyl sites for hydroxylation is 1. The van der Waals surface area contributed by atoms with E-state index in [9.17, 15) is 13.2 Å². The molecule has 2 aromatic rings. The lowest BCUT2D eigenvalue weighted by Crippen LogP contribution is -2.38. The van der Waals surface area contributed by atoms with Crippen molar-refractivity contribution in [2.75, 3.05) is 27.2 Å². The maximum absolute atomic E-state index is 12.2. The van der Waals surface area contributed by atoms with Crippen LogP contribution in [0.25, 0.3) is 0 Å². The van der Waals surface area contributed by atoms with Crippen molar-refractivity contribution in [1.82, 2.24) is 9.62 Å². The van der Waals surface area contributed by atoms with Gasteiger partial charge >= 0.3 is 0 Å². The van der Waals surface area contributed by atoms with Gasteiger partial charge in [0.15, 0.2) is 6.10 Å². The van der Waals surface area contributed by atoms with Crippen molar-refractivity contribution in [3.8, 4) is 11.5 Å². The van der Waals surface area contributed by atoms with Crippen LogP contribution >= 0.6 is 0 Å². The third-order valence-electron chi connectivity index (χ3n) is 4.50. The van der Waals surface area contributed by atoms with E-state index in [-0.39, 0.29) is 17.4 Å². The number of nitrogens with one attached hydrogen (secondary N) is 1. The van der Waals surface area contributed by atoms with E-state index >= 15 is 0 Å². The molecule has 0 heterocycles. The van der Waals surface area contributed by atoms with Crippen molar-refractivity contribution in [2.45, 2.75) is 31.8 Å². The predicted molar refractivity (Wildman–Crippen MR) is 112 cm³/mol. The normalized spacial score (nSPS) is 12.5. The Morgan fingerprint density at radius 2 is 1.76 bits per heavy atom. The summed E-state index contributed by atoms with van der Waals surface area (Å²) in [5, 5.41) is 2.77. The molecule has 7 nitrogen and oxygen atoms in total. The van der Waals surface area contributed by atoms with E-state index in [4.69, 9.17) is 9.47 Å². The molecule has 0 saturated carbocycles. The fourth-order valence-corrected chi connectivity index (χ4v) is 3.40. The molecule has 2 rings (SSSR count). The number of hydrogen-bond acceptors (Lipinski definition) is 5. The molecule has 0 aliphatic heterocycles. The number of sulfonamides is 1. The van der Waals surface area contributed by atoms with Crippen molar-refractivity contribution >= 4 is 15.9 Å². The molecule has 1 atom stereocenters. The Bertz CT molecular complexity index is 940. The molecule has 1 N–H and O–H groups in total. The summed E-state index contributed by atoms with van der Waals surface area (Å²) in [6.45, 7) is 6.20. The summed E-state index contributed by atoms with van der Waals surface area (Å²) >= 11 is 0. The van der Waals surface area contributed by atoms with E-state index < -0.39 is 16.1 Å². The first-order chi connectivity index (χ1) is 13.6. The molecular formula is C21H28N2O5S. The fraction of sp³-hybridized carbons (Fsp3) is 0.381. The number of amides is 1. The number of carbonyl (C=O) groups excluding carboxylic acids is 1. The van der Waals surface area contributed by atoms with Gasteiger partial charge in [0, 0.05) is 14.1 Å². The Balaban J connectivity index is 1.79. The second-order valence-electron chi connectivity index (χ2n) is 6.86. The molecule has 0 fully saturated rings. The van der Waals surface area contributed by atoms with Crippen LogP contribution in [0, 0.1) is 13.8 Å². The van der Waals surface area contributed by atoms with E-state index in [0.717, 1.165) is 15.4 Å². The highest BCUT2D eigenvalue weighted by Crippen LogP contribution is 2.22. The van der Waals surface area contributed by atoms with Crippen LogP contribution < -0.4 is 14.8 Å². The molecule has 0 spiro atoms. The highest BCUT2D eigenvalue weighted by Gasteiger charge is 2.17. The maximum Gasteiger partial charge on any atom is 0.260 e. The van der Waals surface area contributed by atoms with Gasteiger partial charge in [-0.2, -0.15) is 0 Å². The number of rotatable bonds is 9. The van der Waals surface area contributed by atoms with Gasteiger partial charge in [0.05, 0.1) is 11.4 Å². The zero-order chi connectivity index (χ0) is 21.6. The maximum atomic E-state index is 12.2. The SMILES string of the molecule is Cc1cccc(O[C@@H](C)C(=O)NCCOc2ccc(S(=O)(=O)N(C)C)cc2)c1C. The minimum Gasteiger partial charge on any atom is -0.492 e. The first kappa shape index (κ1) is 22.7. The average molecular weight is 421 g/mol. The molecule has 0 aliphatic carbocycles. The smallest absolute Gasteiger partial charge is 0.260 e. The molecule has 158 valence electrons. The molecule has 29 heavy (non-hydrogen) atoms. The summed E-state index contributed by atoms with van der Waals surface area (Å²) in [6.07, 6.45) is -0.633. The molecule has 0 aromatic heterocycles. The number of benzene rings is 2. The molecule has 2 aromatic carbocycles. The van der Waals surface area contributed by atoms with Crippen LogP contribution in [0.3, 0.4) is 0 Å². The largest absolute Gasteiger partial charge is 0.492 e. The minimum atomic E-state index is -3.46. The van der Waals surface area contributed by atoms with Crippen LogP contribution in [0.15, 0.2) is 47.4 Å². The van der Waals surface area contributed by atoms with Crippen LogP contribution in [-0.4, -0.2) is 52.0 Å². The highest BCUT2D eigenvalue weighted by molar-refractivity contribution is 7.89. The topological polar surface area (TPSA) is 84.9 Å².